The molecule has 0 saturated heterocycles. The summed E-state index contributed by atoms with van der Waals surface area (Å²) in [6, 6.07) is 1.41. The van der Waals surface area contributed by atoms with Crippen LogP contribution in [-0.2, 0) is 11.8 Å². The van der Waals surface area contributed by atoms with Gasteiger partial charge in [0.15, 0.2) is 5.75 Å². The molecule has 0 aromatic carbocycles. The third-order valence-electron chi connectivity index (χ3n) is 2.51. The Morgan fingerprint density at radius 2 is 2.12 bits per heavy atom. The summed E-state index contributed by atoms with van der Waals surface area (Å²) in [5.41, 5.74) is 0.980. The molecule has 5 heteroatoms. The number of ether oxygens (including phenoxy) is 1. The number of aromatic nitrogens is 1. The molecule has 0 aliphatic rings. The van der Waals surface area contributed by atoms with E-state index in [1.165, 1.54) is 6.07 Å². The van der Waals surface area contributed by atoms with Crippen molar-refractivity contribution in [1.82, 2.24) is 4.57 Å². The Hall–Kier alpha value is -1.00. The van der Waals surface area contributed by atoms with Crippen molar-refractivity contribution in [3.63, 3.8) is 0 Å². The van der Waals surface area contributed by atoms with Gasteiger partial charge in [0.2, 0.25) is 5.43 Å². The lowest BCUT2D eigenvalue weighted by Gasteiger charge is -2.19. The Morgan fingerprint density at radius 3 is 2.62 bits per heavy atom. The van der Waals surface area contributed by atoms with Gasteiger partial charge in [0.25, 0.3) is 0 Å². The predicted octanol–water partition coefficient (Wildman–Crippen LogP) is 1.92. The highest BCUT2D eigenvalue weighted by Gasteiger charge is 2.17. The fourth-order valence-electron chi connectivity index (χ4n) is 1.62. The molecule has 0 radical (unpaired) electrons. The van der Waals surface area contributed by atoms with Crippen LogP contribution in [0.4, 0.5) is 0 Å². The number of nitrogens with zero attached hydrogens (tertiary/aromatic N) is 1. The van der Waals surface area contributed by atoms with E-state index >= 15 is 0 Å². The van der Waals surface area contributed by atoms with Gasteiger partial charge in [-0.2, -0.15) is 0 Å². The molecular weight excluding hydrogens is 230 g/mol. The largest absolute Gasteiger partial charge is 0.503 e. The van der Waals surface area contributed by atoms with Crippen molar-refractivity contribution in [2.24, 2.45) is 7.05 Å². The zero-order valence-corrected chi connectivity index (χ0v) is 10.8. The van der Waals surface area contributed by atoms with Crippen molar-refractivity contribution in [1.29, 1.82) is 0 Å². The quantitative estimate of drug-likeness (QED) is 0.888. The second-order valence-corrected chi connectivity index (χ2v) is 3.54. The lowest BCUT2D eigenvalue weighted by molar-refractivity contribution is 0.0685. The van der Waals surface area contributed by atoms with E-state index in [2.05, 4.69) is 0 Å². The van der Waals surface area contributed by atoms with Gasteiger partial charge in [-0.3, -0.25) is 4.79 Å². The van der Waals surface area contributed by atoms with Crippen LogP contribution in [0.25, 0.3) is 0 Å². The molecule has 0 saturated carbocycles. The molecule has 1 aromatic heterocycles. The number of hydrogen-bond donors (Lipinski definition) is 1. The van der Waals surface area contributed by atoms with Gasteiger partial charge in [-0.25, -0.2) is 0 Å². The normalized spacial score (nSPS) is 12.0. The molecule has 0 fully saturated rings. The number of hydrogen-bond acceptors (Lipinski definition) is 3. The van der Waals surface area contributed by atoms with Gasteiger partial charge in [-0.15, -0.1) is 12.4 Å². The minimum atomic E-state index is -0.354. The SMILES string of the molecule is CCOC(C)c1c(O)c(=O)cc(C)n1C.Cl. The molecule has 16 heavy (non-hydrogen) atoms. The van der Waals surface area contributed by atoms with E-state index in [-0.39, 0.29) is 29.7 Å². The predicted molar refractivity (Wildman–Crippen MR) is 65.4 cm³/mol. The van der Waals surface area contributed by atoms with Crippen LogP contribution in [0.2, 0.25) is 0 Å². The number of aromatic hydroxyl groups is 1. The standard InChI is InChI=1S/C11H17NO3.ClH/c1-5-15-8(3)10-11(14)9(13)6-7(2)12(10)4;/h6,8,14H,5H2,1-4H3;1H. The summed E-state index contributed by atoms with van der Waals surface area (Å²) in [5.74, 6) is -0.218. The average molecular weight is 248 g/mol. The van der Waals surface area contributed by atoms with Gasteiger partial charge in [0, 0.05) is 25.4 Å². The highest BCUT2D eigenvalue weighted by atomic mass is 35.5. The fraction of sp³-hybridized carbons (Fsp3) is 0.545. The molecular formula is C11H18ClNO3. The first-order valence-corrected chi connectivity index (χ1v) is 5.00. The summed E-state index contributed by atoms with van der Waals surface area (Å²) in [4.78, 5) is 11.4. The summed E-state index contributed by atoms with van der Waals surface area (Å²) in [6.07, 6.45) is -0.285. The first-order chi connectivity index (χ1) is 6.99. The lowest BCUT2D eigenvalue weighted by atomic mass is 10.2. The molecule has 0 bridgehead atoms. The van der Waals surface area contributed by atoms with Crippen LogP contribution in [0.3, 0.4) is 0 Å². The van der Waals surface area contributed by atoms with E-state index in [9.17, 15) is 9.90 Å². The van der Waals surface area contributed by atoms with Crippen LogP contribution < -0.4 is 5.43 Å². The smallest absolute Gasteiger partial charge is 0.223 e. The van der Waals surface area contributed by atoms with E-state index in [0.29, 0.717) is 12.3 Å². The maximum atomic E-state index is 11.4. The zero-order valence-electron chi connectivity index (χ0n) is 9.98. The molecule has 0 aliphatic heterocycles. The molecule has 0 amide bonds. The third kappa shape index (κ3) is 2.77. The van der Waals surface area contributed by atoms with Crippen molar-refractivity contribution < 1.29 is 9.84 Å². The molecule has 1 heterocycles. The number of rotatable bonds is 3. The van der Waals surface area contributed by atoms with Crippen LogP contribution in [0, 0.1) is 6.92 Å². The Balaban J connectivity index is 0.00000225. The van der Waals surface area contributed by atoms with Gasteiger partial charge in [-0.1, -0.05) is 0 Å². The summed E-state index contributed by atoms with van der Waals surface area (Å²) < 4.78 is 7.15. The van der Waals surface area contributed by atoms with Crippen molar-refractivity contribution in [2.45, 2.75) is 26.9 Å². The van der Waals surface area contributed by atoms with Crippen molar-refractivity contribution >= 4 is 12.4 Å². The number of aryl methyl sites for hydroxylation is 1. The minimum Gasteiger partial charge on any atom is -0.503 e. The lowest BCUT2D eigenvalue weighted by Crippen LogP contribution is -2.16. The first-order valence-electron chi connectivity index (χ1n) is 5.00. The van der Waals surface area contributed by atoms with Gasteiger partial charge < -0.3 is 14.4 Å². The molecule has 92 valence electrons. The fourth-order valence-corrected chi connectivity index (χ4v) is 1.62. The summed E-state index contributed by atoms with van der Waals surface area (Å²) in [6.45, 7) is 6.06. The highest BCUT2D eigenvalue weighted by molar-refractivity contribution is 5.85. The van der Waals surface area contributed by atoms with E-state index in [1.807, 2.05) is 20.8 Å². The first kappa shape index (κ1) is 15.0. The number of halogens is 1. The van der Waals surface area contributed by atoms with E-state index in [1.54, 1.807) is 11.6 Å². The van der Waals surface area contributed by atoms with Crippen LogP contribution in [0.5, 0.6) is 5.75 Å². The van der Waals surface area contributed by atoms with Gasteiger partial charge in [0.05, 0.1) is 11.8 Å². The highest BCUT2D eigenvalue weighted by Crippen LogP contribution is 2.23. The summed E-state index contributed by atoms with van der Waals surface area (Å²) in [5, 5.41) is 9.69. The van der Waals surface area contributed by atoms with E-state index in [0.717, 1.165) is 5.69 Å². The maximum Gasteiger partial charge on any atom is 0.223 e. The topological polar surface area (TPSA) is 51.5 Å². The average Bonchev–Trinajstić information content (AvgIpc) is 2.16. The Morgan fingerprint density at radius 1 is 1.56 bits per heavy atom. The van der Waals surface area contributed by atoms with Crippen molar-refractivity contribution in [2.75, 3.05) is 6.61 Å². The molecule has 0 spiro atoms. The summed E-state index contributed by atoms with van der Waals surface area (Å²) in [7, 11) is 1.80. The molecule has 1 atom stereocenters. The van der Waals surface area contributed by atoms with Crippen molar-refractivity contribution in [3.05, 3.63) is 27.7 Å². The van der Waals surface area contributed by atoms with E-state index < -0.39 is 0 Å². The van der Waals surface area contributed by atoms with Crippen LogP contribution in [0.15, 0.2) is 10.9 Å². The van der Waals surface area contributed by atoms with Crippen LogP contribution in [0.1, 0.15) is 31.3 Å². The van der Waals surface area contributed by atoms with Crippen molar-refractivity contribution in [3.8, 4) is 5.75 Å². The van der Waals surface area contributed by atoms with Gasteiger partial charge in [-0.05, 0) is 20.8 Å². The maximum absolute atomic E-state index is 11.4. The molecule has 1 rings (SSSR count). The van der Waals surface area contributed by atoms with Crippen LogP contribution >= 0.6 is 12.4 Å². The third-order valence-corrected chi connectivity index (χ3v) is 2.51. The van der Waals surface area contributed by atoms with E-state index in [4.69, 9.17) is 4.74 Å². The van der Waals surface area contributed by atoms with Gasteiger partial charge >= 0.3 is 0 Å². The Bertz CT molecular complexity index is 414. The minimum absolute atomic E-state index is 0. The van der Waals surface area contributed by atoms with Gasteiger partial charge in [0.1, 0.15) is 0 Å². The molecule has 0 aliphatic carbocycles. The zero-order chi connectivity index (χ0) is 11.6. The molecule has 1 aromatic rings. The molecule has 4 nitrogen and oxygen atoms in total. The Kier molecular flexibility index (Phi) is 5.55. The Labute approximate surface area is 101 Å². The molecule has 1 unspecified atom stereocenters. The monoisotopic (exact) mass is 247 g/mol. The summed E-state index contributed by atoms with van der Waals surface area (Å²) >= 11 is 0. The second kappa shape index (κ2) is 5.92. The molecule has 1 N–H and O–H groups in total. The second-order valence-electron chi connectivity index (χ2n) is 3.54. The van der Waals surface area contributed by atoms with Crippen LogP contribution in [-0.4, -0.2) is 16.3 Å². The number of pyridine rings is 1.